The smallest absolute Gasteiger partial charge is 0.251 e. The highest BCUT2D eigenvalue weighted by Gasteiger charge is 2.25. The number of carbonyl (C=O) groups is 1. The lowest BCUT2D eigenvalue weighted by atomic mass is 9.83. The van der Waals surface area contributed by atoms with Gasteiger partial charge in [-0.15, -0.1) is 0 Å². The molecule has 1 aromatic carbocycles. The zero-order valence-electron chi connectivity index (χ0n) is 12.2. The number of rotatable bonds is 4. The molecular weight excluding hydrogens is 254 g/mol. The molecule has 110 valence electrons. The van der Waals surface area contributed by atoms with Gasteiger partial charge in [-0.05, 0) is 37.0 Å². The van der Waals surface area contributed by atoms with Crippen LogP contribution < -0.4 is 10.1 Å². The molecule has 4 heteroatoms. The van der Waals surface area contributed by atoms with Crippen LogP contribution in [0.5, 0.6) is 11.5 Å². The number of methoxy groups -OCH3 is 1. The fourth-order valence-corrected chi connectivity index (χ4v) is 2.97. The Morgan fingerprint density at radius 1 is 1.40 bits per heavy atom. The Labute approximate surface area is 120 Å². The van der Waals surface area contributed by atoms with Crippen molar-refractivity contribution in [1.29, 1.82) is 0 Å². The first-order chi connectivity index (χ1) is 9.65. The lowest BCUT2D eigenvalue weighted by molar-refractivity contribution is 0.0904. The molecule has 0 aromatic heterocycles. The number of amides is 1. The third kappa shape index (κ3) is 3.24. The van der Waals surface area contributed by atoms with Crippen LogP contribution in [0.25, 0.3) is 0 Å². The van der Waals surface area contributed by atoms with Crippen molar-refractivity contribution in [3.8, 4) is 11.5 Å². The van der Waals surface area contributed by atoms with Gasteiger partial charge >= 0.3 is 0 Å². The van der Waals surface area contributed by atoms with Crippen molar-refractivity contribution in [1.82, 2.24) is 5.32 Å². The summed E-state index contributed by atoms with van der Waals surface area (Å²) in [7, 11) is 1.49. The zero-order chi connectivity index (χ0) is 14.5. The van der Waals surface area contributed by atoms with Crippen LogP contribution in [0.1, 0.15) is 49.4 Å². The third-order valence-corrected chi connectivity index (χ3v) is 4.19. The predicted octanol–water partition coefficient (Wildman–Crippen LogP) is 3.10. The molecule has 2 N–H and O–H groups in total. The minimum atomic E-state index is -0.117. The van der Waals surface area contributed by atoms with Gasteiger partial charge in [-0.3, -0.25) is 4.79 Å². The topological polar surface area (TPSA) is 58.6 Å². The molecular formula is C16H23NO3. The summed E-state index contributed by atoms with van der Waals surface area (Å²) in [5.41, 5.74) is 0.476. The van der Waals surface area contributed by atoms with E-state index in [1.807, 2.05) is 0 Å². The van der Waals surface area contributed by atoms with Gasteiger partial charge in [0.25, 0.3) is 5.91 Å². The number of phenolic OH excluding ortho intramolecular Hbond substituents is 1. The lowest BCUT2D eigenvalue weighted by Gasteiger charge is -2.31. The monoisotopic (exact) mass is 277 g/mol. The van der Waals surface area contributed by atoms with Gasteiger partial charge in [0.15, 0.2) is 11.5 Å². The Morgan fingerprint density at radius 3 is 2.80 bits per heavy atom. The highest BCUT2D eigenvalue weighted by molar-refractivity contribution is 5.95. The number of carbonyl (C=O) groups excluding carboxylic acids is 1. The van der Waals surface area contributed by atoms with Gasteiger partial charge in [-0.1, -0.05) is 26.2 Å². The molecule has 20 heavy (non-hydrogen) atoms. The molecule has 0 aliphatic heterocycles. The quantitative estimate of drug-likeness (QED) is 0.889. The molecule has 1 aromatic rings. The van der Waals surface area contributed by atoms with Crippen LogP contribution in [0.2, 0.25) is 0 Å². The van der Waals surface area contributed by atoms with Crippen molar-refractivity contribution in [2.75, 3.05) is 7.11 Å². The second-order valence-electron chi connectivity index (χ2n) is 5.42. The average Bonchev–Trinajstić information content (AvgIpc) is 2.47. The molecule has 1 saturated carbocycles. The molecule has 4 nitrogen and oxygen atoms in total. The number of aromatic hydroxyl groups is 1. The third-order valence-electron chi connectivity index (χ3n) is 4.19. The summed E-state index contributed by atoms with van der Waals surface area (Å²) < 4.78 is 4.98. The van der Waals surface area contributed by atoms with Crippen molar-refractivity contribution in [2.45, 2.75) is 45.1 Å². The van der Waals surface area contributed by atoms with Gasteiger partial charge in [0, 0.05) is 11.6 Å². The summed E-state index contributed by atoms with van der Waals surface area (Å²) in [6.07, 6.45) is 5.77. The molecule has 0 saturated heterocycles. The van der Waals surface area contributed by atoms with Gasteiger partial charge in [0.1, 0.15) is 0 Å². The van der Waals surface area contributed by atoms with Crippen LogP contribution in [-0.2, 0) is 0 Å². The normalized spacial score (nSPS) is 22.3. The summed E-state index contributed by atoms with van der Waals surface area (Å²) >= 11 is 0. The molecule has 0 spiro atoms. The average molecular weight is 277 g/mol. The van der Waals surface area contributed by atoms with E-state index >= 15 is 0 Å². The number of phenols is 1. The van der Waals surface area contributed by atoms with Crippen LogP contribution in [0.4, 0.5) is 0 Å². The van der Waals surface area contributed by atoms with E-state index in [0.717, 1.165) is 12.8 Å². The Kier molecular flexibility index (Phi) is 4.88. The lowest BCUT2D eigenvalue weighted by Crippen LogP contribution is -2.41. The Balaban J connectivity index is 2.05. The molecule has 0 radical (unpaired) electrons. The molecule has 1 amide bonds. The maximum absolute atomic E-state index is 12.3. The number of nitrogens with one attached hydrogen (secondary N) is 1. The Hall–Kier alpha value is -1.71. The fourth-order valence-electron chi connectivity index (χ4n) is 2.97. The van der Waals surface area contributed by atoms with Crippen molar-refractivity contribution in [3.63, 3.8) is 0 Å². The molecule has 0 heterocycles. The minimum absolute atomic E-state index is 0.00386. The summed E-state index contributed by atoms with van der Waals surface area (Å²) in [5.74, 6) is 0.828. The van der Waals surface area contributed by atoms with Gasteiger partial charge in [0.2, 0.25) is 0 Å². The highest BCUT2D eigenvalue weighted by atomic mass is 16.5. The molecule has 2 unspecified atom stereocenters. The second-order valence-corrected chi connectivity index (χ2v) is 5.42. The predicted molar refractivity (Wildman–Crippen MR) is 78.2 cm³/mol. The van der Waals surface area contributed by atoms with E-state index < -0.39 is 0 Å². The number of hydrogen-bond acceptors (Lipinski definition) is 3. The maximum atomic E-state index is 12.3. The molecule has 1 aliphatic rings. The van der Waals surface area contributed by atoms with E-state index in [2.05, 4.69) is 12.2 Å². The van der Waals surface area contributed by atoms with Gasteiger partial charge in [-0.2, -0.15) is 0 Å². The van der Waals surface area contributed by atoms with Gasteiger partial charge < -0.3 is 15.2 Å². The second kappa shape index (κ2) is 6.64. The standard InChI is InChI=1S/C16H23NO3/c1-3-11-6-4-5-7-13(11)17-16(19)12-8-9-15(20-2)14(18)10-12/h8-11,13,18H,3-7H2,1-2H3,(H,17,19). The van der Waals surface area contributed by atoms with Gasteiger partial charge in [-0.25, -0.2) is 0 Å². The summed E-state index contributed by atoms with van der Waals surface area (Å²) in [6.45, 7) is 2.17. The van der Waals surface area contributed by atoms with Gasteiger partial charge in [0.05, 0.1) is 7.11 Å². The van der Waals surface area contributed by atoms with Crippen molar-refractivity contribution in [3.05, 3.63) is 23.8 Å². The summed E-state index contributed by atoms with van der Waals surface area (Å²) in [6, 6.07) is 5.00. The van der Waals surface area contributed by atoms with E-state index in [-0.39, 0.29) is 17.7 Å². The van der Waals surface area contributed by atoms with E-state index in [1.165, 1.54) is 32.4 Å². The Morgan fingerprint density at radius 2 is 2.15 bits per heavy atom. The first-order valence-electron chi connectivity index (χ1n) is 7.33. The Bertz CT molecular complexity index is 473. The first-order valence-corrected chi connectivity index (χ1v) is 7.33. The fraction of sp³-hybridized carbons (Fsp3) is 0.562. The van der Waals surface area contributed by atoms with E-state index in [0.29, 0.717) is 17.2 Å². The van der Waals surface area contributed by atoms with Crippen molar-refractivity contribution in [2.24, 2.45) is 5.92 Å². The van der Waals surface area contributed by atoms with E-state index in [9.17, 15) is 9.90 Å². The number of hydrogen-bond donors (Lipinski definition) is 2. The van der Waals surface area contributed by atoms with Crippen LogP contribution in [0, 0.1) is 5.92 Å². The SMILES string of the molecule is CCC1CCCCC1NC(=O)c1ccc(OC)c(O)c1. The molecule has 1 fully saturated rings. The maximum Gasteiger partial charge on any atom is 0.251 e. The molecule has 0 bridgehead atoms. The zero-order valence-corrected chi connectivity index (χ0v) is 12.2. The first kappa shape index (κ1) is 14.7. The summed E-state index contributed by atoms with van der Waals surface area (Å²) in [4.78, 5) is 12.3. The van der Waals surface area contributed by atoms with Crippen LogP contribution in [0.3, 0.4) is 0 Å². The highest BCUT2D eigenvalue weighted by Crippen LogP contribution is 2.28. The van der Waals surface area contributed by atoms with Crippen LogP contribution in [0.15, 0.2) is 18.2 Å². The van der Waals surface area contributed by atoms with Crippen molar-refractivity contribution >= 4 is 5.91 Å². The molecule has 2 rings (SSSR count). The largest absolute Gasteiger partial charge is 0.504 e. The van der Waals surface area contributed by atoms with Crippen molar-refractivity contribution < 1.29 is 14.6 Å². The van der Waals surface area contributed by atoms with E-state index in [4.69, 9.17) is 4.74 Å². The molecule has 1 aliphatic carbocycles. The molecule has 2 atom stereocenters. The summed E-state index contributed by atoms with van der Waals surface area (Å²) in [5, 5.41) is 12.8. The number of benzene rings is 1. The van der Waals surface area contributed by atoms with Crippen LogP contribution >= 0.6 is 0 Å². The minimum Gasteiger partial charge on any atom is -0.504 e. The van der Waals surface area contributed by atoms with E-state index in [1.54, 1.807) is 12.1 Å². The van der Waals surface area contributed by atoms with Crippen LogP contribution in [-0.4, -0.2) is 24.2 Å². The number of ether oxygens (including phenoxy) is 1.